The first-order valence-electron chi connectivity index (χ1n) is 12.4. The number of hydrogen-bond donors (Lipinski definition) is 1. The molecule has 0 radical (unpaired) electrons. The van der Waals surface area contributed by atoms with Gasteiger partial charge in [-0.1, -0.05) is 39.7 Å². The topological polar surface area (TPSA) is 86.1 Å². The van der Waals surface area contributed by atoms with Crippen LogP contribution in [0.4, 0.5) is 0 Å². The zero-order valence-corrected chi connectivity index (χ0v) is 23.3. The number of aliphatic carboxylic acids is 1. The van der Waals surface area contributed by atoms with Gasteiger partial charge in [-0.25, -0.2) is 4.57 Å². The molecule has 4 aromatic rings. The molecule has 2 aromatic heterocycles. The molecule has 2 heterocycles. The maximum atomic E-state index is 12.2. The van der Waals surface area contributed by atoms with Gasteiger partial charge in [0.05, 0.1) is 18.1 Å². The lowest BCUT2D eigenvalue weighted by Gasteiger charge is -2.08. The molecule has 0 aliphatic heterocycles. The second-order valence-corrected chi connectivity index (χ2v) is 10.4. The molecule has 1 aliphatic rings. The van der Waals surface area contributed by atoms with Crippen molar-refractivity contribution in [3.05, 3.63) is 93.3 Å². The minimum absolute atomic E-state index is 0.244. The number of allylic oxidation sites excluding steroid dienone is 1. The van der Waals surface area contributed by atoms with Crippen molar-refractivity contribution in [2.75, 3.05) is 6.61 Å². The summed E-state index contributed by atoms with van der Waals surface area (Å²) in [5, 5.41) is 10.5. The number of fused-ring (bicyclic) bond motifs is 2. The number of carboxylic acid groups (broad SMARTS) is 1. The van der Waals surface area contributed by atoms with Crippen LogP contribution in [0.1, 0.15) is 43.0 Å². The fourth-order valence-corrected chi connectivity index (χ4v) is 4.95. The molecule has 0 bridgehead atoms. The van der Waals surface area contributed by atoms with E-state index in [2.05, 4.69) is 51.3 Å². The van der Waals surface area contributed by atoms with E-state index >= 15 is 0 Å². The number of H-pyrrole nitrogens is 1. The molecule has 0 saturated heterocycles. The van der Waals surface area contributed by atoms with E-state index < -0.39 is 5.97 Å². The van der Waals surface area contributed by atoms with E-state index in [1.165, 1.54) is 16.7 Å². The highest BCUT2D eigenvalue weighted by Gasteiger charge is 2.17. The molecule has 0 atom stereocenters. The van der Waals surface area contributed by atoms with E-state index in [9.17, 15) is 4.79 Å². The Morgan fingerprint density at radius 1 is 1.11 bits per heavy atom. The Morgan fingerprint density at radius 3 is 2.63 bits per heavy atom. The lowest BCUT2D eigenvalue weighted by atomic mass is 10.1. The number of nitrogens with one attached hydrogen (secondary N) is 1. The highest BCUT2D eigenvalue weighted by molar-refractivity contribution is 9.10. The third-order valence-corrected chi connectivity index (χ3v) is 6.91. The maximum Gasteiger partial charge on any atom is 0.168 e. The van der Waals surface area contributed by atoms with Crippen molar-refractivity contribution < 1.29 is 24.0 Å². The minimum Gasteiger partial charge on any atom is -0.550 e. The molecular formula is C30H28BrClN2O4. The molecule has 2 aromatic carbocycles. The molecule has 8 heteroatoms. The number of aromatic nitrogens is 2. The Labute approximate surface area is 235 Å². The van der Waals surface area contributed by atoms with E-state index in [0.717, 1.165) is 34.4 Å². The van der Waals surface area contributed by atoms with E-state index in [0.29, 0.717) is 43.2 Å². The summed E-state index contributed by atoms with van der Waals surface area (Å²) in [7, 11) is 0. The van der Waals surface area contributed by atoms with Crippen LogP contribution in [-0.2, 0) is 22.6 Å². The standard InChI is InChI=1S/C28H25BrClN2O2.C2H4O2/c29-23-7-6-19-13-21(14-20(19)15-23)26-17-22-16-25(30)28(18-27(22)31-26)34-12-4-5-24(33)8-11-32-9-2-1-3-10-32;1-2(3)4/h1-3,6-7,9-10,13,15-18,31H,4-5,8,11-12,14H2;1H3,(H,3,4)/q+1;/p-1. The predicted molar refractivity (Wildman–Crippen MR) is 151 cm³/mol. The van der Waals surface area contributed by atoms with E-state index in [-0.39, 0.29) is 5.78 Å². The zero-order valence-electron chi connectivity index (χ0n) is 21.0. The highest BCUT2D eigenvalue weighted by atomic mass is 79.9. The number of carbonyl (C=O) groups excluding carboxylic acids is 2. The van der Waals surface area contributed by atoms with Crippen LogP contribution in [0.15, 0.2) is 71.5 Å². The number of halogens is 2. The molecule has 196 valence electrons. The Kier molecular flexibility index (Phi) is 9.37. The van der Waals surface area contributed by atoms with E-state index in [1.807, 2.05) is 47.3 Å². The second kappa shape index (κ2) is 12.9. The Bertz CT molecular complexity index is 1480. The number of benzene rings is 2. The number of carbonyl (C=O) groups is 2. The van der Waals surface area contributed by atoms with Crippen LogP contribution < -0.4 is 14.4 Å². The molecule has 0 unspecified atom stereocenters. The van der Waals surface area contributed by atoms with Crippen LogP contribution in [0.5, 0.6) is 5.75 Å². The number of Topliss-reactive ketones (excluding diaryl/α,β-unsaturated/α-hetero) is 1. The Hall–Kier alpha value is -3.42. The van der Waals surface area contributed by atoms with Gasteiger partial charge in [0, 0.05) is 58.1 Å². The van der Waals surface area contributed by atoms with Crippen LogP contribution in [-0.4, -0.2) is 23.3 Å². The molecule has 0 spiro atoms. The van der Waals surface area contributed by atoms with Crippen molar-refractivity contribution in [1.29, 1.82) is 0 Å². The SMILES string of the molecule is CC(=O)[O-].O=C(CCCOc1cc2[nH]c(C3=Cc4ccc(Br)cc4C3)cc2cc1Cl)CC[n+]1ccccc1. The Morgan fingerprint density at radius 2 is 1.87 bits per heavy atom. The first kappa shape index (κ1) is 27.6. The smallest absolute Gasteiger partial charge is 0.168 e. The molecule has 6 nitrogen and oxygen atoms in total. The van der Waals surface area contributed by atoms with Crippen LogP contribution in [0, 0.1) is 0 Å². The summed E-state index contributed by atoms with van der Waals surface area (Å²) in [6, 6.07) is 18.3. The van der Waals surface area contributed by atoms with Crippen molar-refractivity contribution in [3.8, 4) is 5.75 Å². The number of aryl methyl sites for hydroxylation is 1. The number of ketones is 1. The highest BCUT2D eigenvalue weighted by Crippen LogP contribution is 2.36. The van der Waals surface area contributed by atoms with Crippen LogP contribution in [0.3, 0.4) is 0 Å². The third-order valence-electron chi connectivity index (χ3n) is 6.12. The number of pyridine rings is 1. The summed E-state index contributed by atoms with van der Waals surface area (Å²) >= 11 is 10.1. The van der Waals surface area contributed by atoms with E-state index in [1.54, 1.807) is 0 Å². The van der Waals surface area contributed by atoms with Gasteiger partial charge in [0.2, 0.25) is 0 Å². The molecule has 38 heavy (non-hydrogen) atoms. The number of carboxylic acids is 1. The number of nitrogens with zero attached hydrogens (tertiary/aromatic N) is 1. The molecular weight excluding hydrogens is 568 g/mol. The Balaban J connectivity index is 0.000000786. The molecule has 1 N–H and O–H groups in total. The third kappa shape index (κ3) is 7.55. The predicted octanol–water partition coefficient (Wildman–Crippen LogP) is 5.54. The summed E-state index contributed by atoms with van der Waals surface area (Å²) < 4.78 is 9.05. The van der Waals surface area contributed by atoms with Gasteiger partial charge in [0.25, 0.3) is 0 Å². The fraction of sp³-hybridized carbons (Fsp3) is 0.233. The van der Waals surface area contributed by atoms with Crippen molar-refractivity contribution in [2.45, 2.75) is 39.2 Å². The summed E-state index contributed by atoms with van der Waals surface area (Å²) in [6.07, 6.45) is 8.79. The monoisotopic (exact) mass is 594 g/mol. The number of ether oxygens (including phenoxy) is 1. The molecule has 0 fully saturated rings. The van der Waals surface area contributed by atoms with Gasteiger partial charge in [-0.15, -0.1) is 0 Å². The van der Waals surface area contributed by atoms with Crippen molar-refractivity contribution >= 4 is 61.8 Å². The van der Waals surface area contributed by atoms with Crippen molar-refractivity contribution in [1.82, 2.24) is 4.98 Å². The first-order chi connectivity index (χ1) is 18.3. The van der Waals surface area contributed by atoms with Gasteiger partial charge in [0.15, 0.2) is 18.9 Å². The molecule has 1 aliphatic carbocycles. The van der Waals surface area contributed by atoms with Gasteiger partial charge >= 0.3 is 0 Å². The second-order valence-electron chi connectivity index (χ2n) is 9.09. The average molecular weight is 596 g/mol. The zero-order chi connectivity index (χ0) is 27.1. The number of hydrogen-bond acceptors (Lipinski definition) is 4. The maximum absolute atomic E-state index is 12.2. The molecule has 0 saturated carbocycles. The molecule has 5 rings (SSSR count). The largest absolute Gasteiger partial charge is 0.550 e. The first-order valence-corrected chi connectivity index (χ1v) is 13.5. The van der Waals surface area contributed by atoms with Gasteiger partial charge in [-0.2, -0.15) is 0 Å². The van der Waals surface area contributed by atoms with Crippen LogP contribution >= 0.6 is 27.5 Å². The van der Waals surface area contributed by atoms with Crippen LogP contribution in [0.2, 0.25) is 5.02 Å². The van der Waals surface area contributed by atoms with Crippen molar-refractivity contribution in [3.63, 3.8) is 0 Å². The summed E-state index contributed by atoms with van der Waals surface area (Å²) in [6.45, 7) is 2.13. The van der Waals surface area contributed by atoms with Gasteiger partial charge in [0.1, 0.15) is 11.5 Å². The number of rotatable bonds is 9. The minimum atomic E-state index is -1.08. The fourth-order valence-electron chi connectivity index (χ4n) is 4.32. The lowest BCUT2D eigenvalue weighted by Crippen LogP contribution is -2.33. The lowest BCUT2D eigenvalue weighted by molar-refractivity contribution is -0.695. The molecule has 0 amide bonds. The normalized spacial score (nSPS) is 11.9. The van der Waals surface area contributed by atoms with Gasteiger partial charge in [-0.05, 0) is 60.4 Å². The number of aromatic amines is 1. The summed E-state index contributed by atoms with van der Waals surface area (Å²) in [5.41, 5.74) is 5.92. The van der Waals surface area contributed by atoms with E-state index in [4.69, 9.17) is 26.2 Å². The summed E-state index contributed by atoms with van der Waals surface area (Å²) in [4.78, 5) is 24.6. The quantitative estimate of drug-likeness (QED) is 0.203. The van der Waals surface area contributed by atoms with Gasteiger partial charge in [-0.3, -0.25) is 4.79 Å². The summed E-state index contributed by atoms with van der Waals surface area (Å²) in [5.74, 6) is -0.198. The van der Waals surface area contributed by atoms with Gasteiger partial charge < -0.3 is 19.6 Å². The average Bonchev–Trinajstić information content (AvgIpc) is 3.49. The van der Waals surface area contributed by atoms with Crippen LogP contribution in [0.25, 0.3) is 22.6 Å². The van der Waals surface area contributed by atoms with Crippen molar-refractivity contribution in [2.24, 2.45) is 0 Å².